The molecule has 1 aliphatic heterocycles. The van der Waals surface area contributed by atoms with Crippen LogP contribution in [0, 0.1) is 11.3 Å². The fourth-order valence-electron chi connectivity index (χ4n) is 2.33. The number of nitrogens with one attached hydrogen (secondary N) is 1. The quantitative estimate of drug-likeness (QED) is 0.631. The van der Waals surface area contributed by atoms with E-state index < -0.39 is 12.0 Å². The Morgan fingerprint density at radius 1 is 1.33 bits per heavy atom. The van der Waals surface area contributed by atoms with Crippen LogP contribution in [-0.4, -0.2) is 31.4 Å². The summed E-state index contributed by atoms with van der Waals surface area (Å²) in [4.78, 5) is 12.1. The maximum absolute atomic E-state index is 12.1. The molecule has 2 aromatic carbocycles. The van der Waals surface area contributed by atoms with Crippen LogP contribution in [0.5, 0.6) is 17.2 Å². The average Bonchev–Trinajstić information content (AvgIpc) is 2.68. The normalized spacial score (nSPS) is 13.7. The molecule has 1 N–H and O–H groups in total. The van der Waals surface area contributed by atoms with Gasteiger partial charge in [-0.3, -0.25) is 4.79 Å². The minimum Gasteiger partial charge on any atom is -0.486 e. The van der Waals surface area contributed by atoms with Gasteiger partial charge in [0.05, 0.1) is 22.9 Å². The Morgan fingerprint density at radius 2 is 2.07 bits per heavy atom. The van der Waals surface area contributed by atoms with Gasteiger partial charge in [-0.15, -0.1) is 0 Å². The van der Waals surface area contributed by atoms with E-state index in [1.54, 1.807) is 43.3 Å². The van der Waals surface area contributed by atoms with Crippen LogP contribution in [0.15, 0.2) is 41.5 Å². The van der Waals surface area contributed by atoms with E-state index in [9.17, 15) is 4.79 Å². The molecule has 3 rings (SSSR count). The van der Waals surface area contributed by atoms with E-state index >= 15 is 0 Å². The molecule has 0 radical (unpaired) electrons. The lowest BCUT2D eigenvalue weighted by molar-refractivity contribution is -0.127. The van der Waals surface area contributed by atoms with Crippen molar-refractivity contribution in [3.05, 3.63) is 52.5 Å². The number of carbonyl (C=O) groups excluding carboxylic acids is 1. The summed E-state index contributed by atoms with van der Waals surface area (Å²) in [7, 11) is 0. The van der Waals surface area contributed by atoms with Crippen molar-refractivity contribution in [2.75, 3.05) is 13.2 Å². The maximum Gasteiger partial charge on any atom is 0.280 e. The minimum absolute atomic E-state index is 0.414. The lowest BCUT2D eigenvalue weighted by Crippen LogP contribution is -2.33. The number of amides is 1. The Morgan fingerprint density at radius 3 is 2.81 bits per heavy atom. The summed E-state index contributed by atoms with van der Waals surface area (Å²) in [6.07, 6.45) is 0.690. The van der Waals surface area contributed by atoms with Gasteiger partial charge >= 0.3 is 0 Å². The Kier molecular flexibility index (Phi) is 5.79. The molecule has 27 heavy (non-hydrogen) atoms. The van der Waals surface area contributed by atoms with E-state index in [0.717, 1.165) is 0 Å². The number of hydrazone groups is 1. The maximum atomic E-state index is 12.1. The van der Waals surface area contributed by atoms with Crippen molar-refractivity contribution in [2.45, 2.75) is 13.0 Å². The summed E-state index contributed by atoms with van der Waals surface area (Å²) >= 11 is 6.16. The van der Waals surface area contributed by atoms with Crippen molar-refractivity contribution in [3.63, 3.8) is 0 Å². The predicted octanol–water partition coefficient (Wildman–Crippen LogP) is 2.90. The molecule has 1 amide bonds. The molecule has 7 nitrogen and oxygen atoms in total. The van der Waals surface area contributed by atoms with Gasteiger partial charge < -0.3 is 14.2 Å². The molecule has 0 unspecified atom stereocenters. The second kappa shape index (κ2) is 8.43. The lowest BCUT2D eigenvalue weighted by atomic mass is 10.2. The summed E-state index contributed by atoms with van der Waals surface area (Å²) in [5, 5.41) is 13.1. The highest BCUT2D eigenvalue weighted by Crippen LogP contribution is 2.37. The molecule has 8 heteroatoms. The first kappa shape index (κ1) is 18.5. The average molecular weight is 386 g/mol. The zero-order valence-corrected chi connectivity index (χ0v) is 15.2. The van der Waals surface area contributed by atoms with Crippen LogP contribution < -0.4 is 19.6 Å². The van der Waals surface area contributed by atoms with Crippen molar-refractivity contribution < 1.29 is 19.0 Å². The Balaban J connectivity index is 1.58. The molecule has 0 saturated heterocycles. The van der Waals surface area contributed by atoms with Crippen LogP contribution >= 0.6 is 11.6 Å². The molecule has 1 heterocycles. The van der Waals surface area contributed by atoms with Gasteiger partial charge in [-0.25, -0.2) is 5.43 Å². The lowest BCUT2D eigenvalue weighted by Gasteiger charge is -2.19. The second-order valence-electron chi connectivity index (χ2n) is 5.66. The van der Waals surface area contributed by atoms with Crippen LogP contribution in [0.25, 0.3) is 0 Å². The number of carbonyl (C=O) groups is 1. The smallest absolute Gasteiger partial charge is 0.280 e. The van der Waals surface area contributed by atoms with Gasteiger partial charge in [0.25, 0.3) is 5.91 Å². The summed E-state index contributed by atoms with van der Waals surface area (Å²) in [5.41, 5.74) is 3.58. The zero-order chi connectivity index (χ0) is 19.2. The first-order valence-electron chi connectivity index (χ1n) is 8.15. The van der Waals surface area contributed by atoms with Crippen LogP contribution in [0.2, 0.25) is 5.02 Å². The van der Waals surface area contributed by atoms with Crippen molar-refractivity contribution in [1.82, 2.24) is 5.43 Å². The molecule has 0 bridgehead atoms. The molecule has 0 aliphatic carbocycles. The third kappa shape index (κ3) is 4.68. The van der Waals surface area contributed by atoms with Gasteiger partial charge in [0, 0.05) is 0 Å². The standard InChI is InChI=1S/C19H16ClN3O4/c1-12(27-15-4-2-13(10-21)3-5-15)19(24)23-22-11-14-8-16(20)18-17(9-14)25-6-7-26-18/h2-5,8-9,11-12H,6-7H2,1H3,(H,23,24)/b22-11-/t12-/m0/s1. The fraction of sp³-hybridized carbons (Fsp3) is 0.211. The number of nitrogens with zero attached hydrogens (tertiary/aromatic N) is 2. The van der Waals surface area contributed by atoms with Crippen LogP contribution in [0.1, 0.15) is 18.1 Å². The SMILES string of the molecule is C[C@H](Oc1ccc(C#N)cc1)C(=O)N/N=C\c1cc(Cl)c2c(c1)OCCO2. The molecule has 2 aromatic rings. The van der Waals surface area contributed by atoms with Gasteiger partial charge in [-0.05, 0) is 48.9 Å². The minimum atomic E-state index is -0.765. The highest BCUT2D eigenvalue weighted by atomic mass is 35.5. The first-order valence-corrected chi connectivity index (χ1v) is 8.53. The summed E-state index contributed by atoms with van der Waals surface area (Å²) in [6.45, 7) is 2.50. The second-order valence-corrected chi connectivity index (χ2v) is 6.06. The van der Waals surface area contributed by atoms with Crippen molar-refractivity contribution in [2.24, 2.45) is 5.10 Å². The number of fused-ring (bicyclic) bond motifs is 1. The van der Waals surface area contributed by atoms with Crippen molar-refractivity contribution in [1.29, 1.82) is 5.26 Å². The number of rotatable bonds is 5. The van der Waals surface area contributed by atoms with E-state index in [0.29, 0.717) is 46.6 Å². The molecular formula is C19H16ClN3O4. The van der Waals surface area contributed by atoms with Gasteiger partial charge in [-0.2, -0.15) is 10.4 Å². The van der Waals surface area contributed by atoms with Gasteiger partial charge in [-0.1, -0.05) is 11.6 Å². The van der Waals surface area contributed by atoms with E-state index in [2.05, 4.69) is 10.5 Å². The number of hydrogen-bond acceptors (Lipinski definition) is 6. The van der Waals surface area contributed by atoms with E-state index in [1.807, 2.05) is 6.07 Å². The van der Waals surface area contributed by atoms with E-state index in [1.165, 1.54) is 6.21 Å². The number of nitriles is 1. The van der Waals surface area contributed by atoms with E-state index in [-0.39, 0.29) is 0 Å². The summed E-state index contributed by atoms with van der Waals surface area (Å²) in [6, 6.07) is 11.9. The Bertz CT molecular complexity index is 906. The number of benzene rings is 2. The monoisotopic (exact) mass is 385 g/mol. The number of ether oxygens (including phenoxy) is 3. The fourth-order valence-corrected chi connectivity index (χ4v) is 2.61. The number of hydrogen-bond donors (Lipinski definition) is 1. The molecule has 0 fully saturated rings. The summed E-state index contributed by atoms with van der Waals surface area (Å²) < 4.78 is 16.5. The highest BCUT2D eigenvalue weighted by Gasteiger charge is 2.17. The predicted molar refractivity (Wildman–Crippen MR) is 99.4 cm³/mol. The topological polar surface area (TPSA) is 92.9 Å². The Hall–Kier alpha value is -3.24. The largest absolute Gasteiger partial charge is 0.486 e. The molecular weight excluding hydrogens is 370 g/mol. The van der Waals surface area contributed by atoms with E-state index in [4.69, 9.17) is 31.1 Å². The summed E-state index contributed by atoms with van der Waals surface area (Å²) in [5.74, 6) is 1.12. The van der Waals surface area contributed by atoms with Crippen LogP contribution in [0.4, 0.5) is 0 Å². The third-order valence-corrected chi connectivity index (χ3v) is 3.95. The molecule has 0 aromatic heterocycles. The molecule has 0 saturated carbocycles. The third-order valence-electron chi connectivity index (χ3n) is 3.67. The van der Waals surface area contributed by atoms with Crippen LogP contribution in [-0.2, 0) is 4.79 Å². The Labute approximate surface area is 161 Å². The van der Waals surface area contributed by atoms with Crippen molar-refractivity contribution >= 4 is 23.7 Å². The zero-order valence-electron chi connectivity index (χ0n) is 14.4. The van der Waals surface area contributed by atoms with Gasteiger partial charge in [0.2, 0.25) is 0 Å². The molecule has 1 atom stereocenters. The molecule has 0 spiro atoms. The van der Waals surface area contributed by atoms with Gasteiger partial charge in [0.1, 0.15) is 19.0 Å². The molecule has 138 valence electrons. The van der Waals surface area contributed by atoms with Crippen molar-refractivity contribution in [3.8, 4) is 23.3 Å². The first-order chi connectivity index (χ1) is 13.1. The highest BCUT2D eigenvalue weighted by molar-refractivity contribution is 6.32. The molecule has 1 aliphatic rings. The number of halogens is 1. The van der Waals surface area contributed by atoms with Crippen LogP contribution in [0.3, 0.4) is 0 Å². The van der Waals surface area contributed by atoms with Gasteiger partial charge in [0.15, 0.2) is 17.6 Å².